The van der Waals surface area contributed by atoms with Gasteiger partial charge in [0.1, 0.15) is 12.0 Å². The number of amides is 1. The zero-order valence-corrected chi connectivity index (χ0v) is 17.0. The Hall–Kier alpha value is -2.40. The van der Waals surface area contributed by atoms with Gasteiger partial charge in [-0.3, -0.25) is 14.5 Å². The Bertz CT molecular complexity index is 922. The van der Waals surface area contributed by atoms with Crippen LogP contribution in [0.2, 0.25) is 0 Å². The quantitative estimate of drug-likeness (QED) is 0.802. The number of nitrogens with zero attached hydrogens (tertiary/aromatic N) is 2. The third kappa shape index (κ3) is 3.31. The number of Topliss-reactive ketones (excluding diaryl/α,β-unsaturated/α-hetero) is 1. The van der Waals surface area contributed by atoms with Crippen LogP contribution in [0, 0.1) is 0 Å². The van der Waals surface area contributed by atoms with Gasteiger partial charge in [0.2, 0.25) is 0 Å². The normalized spacial score (nSPS) is 22.4. The van der Waals surface area contributed by atoms with Crippen LogP contribution in [0.15, 0.2) is 34.9 Å². The standard InChI is InChI=1S/C24H28N2O3/c1-25(24(28)20-15-29-22-10-4-9-21(27)23(20)22)18-8-5-11-26(14-18)19-12-16-6-2-3-7-17(16)13-19/h2-3,6-7,15,18-19H,4-5,8-14H2,1H3/t18-/m1/s1. The molecule has 1 aliphatic heterocycles. The van der Waals surface area contributed by atoms with Gasteiger partial charge in [-0.1, -0.05) is 24.3 Å². The minimum atomic E-state index is -0.0770. The second-order valence-electron chi connectivity index (χ2n) is 8.76. The van der Waals surface area contributed by atoms with E-state index in [9.17, 15) is 9.59 Å². The first-order chi connectivity index (χ1) is 14.1. The summed E-state index contributed by atoms with van der Waals surface area (Å²) in [7, 11) is 1.88. The molecule has 29 heavy (non-hydrogen) atoms. The maximum atomic E-state index is 13.2. The molecule has 0 N–H and O–H groups in total. The first-order valence-electron chi connectivity index (χ1n) is 10.8. The Morgan fingerprint density at radius 3 is 2.66 bits per heavy atom. The van der Waals surface area contributed by atoms with E-state index in [1.54, 1.807) is 0 Å². The van der Waals surface area contributed by atoms with Gasteiger partial charge in [-0.2, -0.15) is 0 Å². The molecule has 5 nitrogen and oxygen atoms in total. The number of aryl methyl sites for hydroxylation is 1. The summed E-state index contributed by atoms with van der Waals surface area (Å²) >= 11 is 0. The van der Waals surface area contributed by atoms with E-state index in [1.807, 2.05) is 11.9 Å². The van der Waals surface area contributed by atoms with Crippen LogP contribution < -0.4 is 0 Å². The number of rotatable bonds is 3. The number of hydrogen-bond acceptors (Lipinski definition) is 4. The van der Waals surface area contributed by atoms with Crippen molar-refractivity contribution >= 4 is 11.7 Å². The fourth-order valence-electron chi connectivity index (χ4n) is 5.36. The van der Waals surface area contributed by atoms with Crippen LogP contribution in [0.1, 0.15) is 63.3 Å². The smallest absolute Gasteiger partial charge is 0.257 e. The predicted molar refractivity (Wildman–Crippen MR) is 110 cm³/mol. The van der Waals surface area contributed by atoms with Crippen molar-refractivity contribution in [1.82, 2.24) is 9.80 Å². The van der Waals surface area contributed by atoms with Crippen molar-refractivity contribution < 1.29 is 14.0 Å². The SMILES string of the molecule is CN(C(=O)c1coc2c1C(=O)CCC2)[C@@H]1CCCN(C2Cc3ccccc3C2)C1. The molecule has 1 aromatic heterocycles. The van der Waals surface area contributed by atoms with Crippen molar-refractivity contribution in [3.63, 3.8) is 0 Å². The molecule has 1 saturated heterocycles. The molecule has 0 bridgehead atoms. The molecule has 0 unspecified atom stereocenters. The average Bonchev–Trinajstić information content (AvgIpc) is 3.38. The number of likely N-dealkylation sites (N-methyl/N-ethyl adjacent to an activating group) is 1. The van der Waals surface area contributed by atoms with Gasteiger partial charge in [-0.15, -0.1) is 0 Å². The molecule has 2 aliphatic carbocycles. The lowest BCUT2D eigenvalue weighted by atomic mass is 9.93. The summed E-state index contributed by atoms with van der Waals surface area (Å²) in [6.07, 6.45) is 7.87. The van der Waals surface area contributed by atoms with Crippen molar-refractivity contribution in [1.29, 1.82) is 0 Å². The third-order valence-electron chi connectivity index (χ3n) is 7.03. The Kier molecular flexibility index (Phi) is 4.78. The molecule has 1 aromatic carbocycles. The first-order valence-corrected chi connectivity index (χ1v) is 10.8. The van der Waals surface area contributed by atoms with Crippen LogP contribution in [-0.4, -0.2) is 53.7 Å². The lowest BCUT2D eigenvalue weighted by Gasteiger charge is -2.40. The fourth-order valence-corrected chi connectivity index (χ4v) is 5.36. The molecule has 2 heterocycles. The molecule has 0 spiro atoms. The van der Waals surface area contributed by atoms with Gasteiger partial charge in [0, 0.05) is 38.5 Å². The molecule has 5 rings (SSSR count). The van der Waals surface area contributed by atoms with E-state index in [-0.39, 0.29) is 17.7 Å². The number of fused-ring (bicyclic) bond motifs is 2. The van der Waals surface area contributed by atoms with Crippen LogP contribution >= 0.6 is 0 Å². The summed E-state index contributed by atoms with van der Waals surface area (Å²) in [5, 5.41) is 0. The molecule has 1 fully saturated rings. The number of hydrogen-bond donors (Lipinski definition) is 0. The molecule has 3 aliphatic rings. The number of ketones is 1. The minimum Gasteiger partial charge on any atom is -0.468 e. The van der Waals surface area contributed by atoms with Gasteiger partial charge >= 0.3 is 0 Å². The Morgan fingerprint density at radius 2 is 1.90 bits per heavy atom. The van der Waals surface area contributed by atoms with E-state index in [0.29, 0.717) is 29.3 Å². The summed E-state index contributed by atoms with van der Waals surface area (Å²) < 4.78 is 5.58. The second-order valence-corrected chi connectivity index (χ2v) is 8.76. The Balaban J connectivity index is 1.29. The number of benzene rings is 1. The van der Waals surface area contributed by atoms with E-state index in [4.69, 9.17) is 4.42 Å². The highest BCUT2D eigenvalue weighted by molar-refractivity contribution is 6.09. The first kappa shape index (κ1) is 18.6. The van der Waals surface area contributed by atoms with E-state index in [1.165, 1.54) is 17.4 Å². The summed E-state index contributed by atoms with van der Waals surface area (Å²) in [5.41, 5.74) is 3.92. The van der Waals surface area contributed by atoms with Crippen molar-refractivity contribution in [3.8, 4) is 0 Å². The van der Waals surface area contributed by atoms with Gasteiger partial charge in [0.05, 0.1) is 11.1 Å². The highest BCUT2D eigenvalue weighted by Crippen LogP contribution is 2.30. The van der Waals surface area contributed by atoms with E-state index < -0.39 is 0 Å². The molecule has 5 heteroatoms. The van der Waals surface area contributed by atoms with Gasteiger partial charge in [0.25, 0.3) is 5.91 Å². The fraction of sp³-hybridized carbons (Fsp3) is 0.500. The zero-order valence-electron chi connectivity index (χ0n) is 17.0. The summed E-state index contributed by atoms with van der Waals surface area (Å²) in [4.78, 5) is 30.0. The van der Waals surface area contributed by atoms with Crippen molar-refractivity contribution in [2.75, 3.05) is 20.1 Å². The highest BCUT2D eigenvalue weighted by Gasteiger charge is 2.35. The second kappa shape index (κ2) is 7.45. The van der Waals surface area contributed by atoms with Gasteiger partial charge in [-0.25, -0.2) is 0 Å². The van der Waals surface area contributed by atoms with Gasteiger partial charge < -0.3 is 9.32 Å². The van der Waals surface area contributed by atoms with Crippen LogP contribution in [-0.2, 0) is 19.3 Å². The van der Waals surface area contributed by atoms with Crippen LogP contribution in [0.3, 0.4) is 0 Å². The number of furan rings is 1. The lowest BCUT2D eigenvalue weighted by molar-refractivity contribution is 0.0552. The molecular formula is C24H28N2O3. The number of piperidine rings is 1. The largest absolute Gasteiger partial charge is 0.468 e. The van der Waals surface area contributed by atoms with Crippen molar-refractivity contribution in [2.45, 2.75) is 57.0 Å². The molecule has 0 saturated carbocycles. The monoisotopic (exact) mass is 392 g/mol. The molecule has 1 atom stereocenters. The van der Waals surface area contributed by atoms with E-state index >= 15 is 0 Å². The molecule has 152 valence electrons. The summed E-state index contributed by atoms with van der Waals surface area (Å²) in [6, 6.07) is 9.43. The minimum absolute atomic E-state index is 0.0470. The summed E-state index contributed by atoms with van der Waals surface area (Å²) in [6.45, 7) is 1.99. The van der Waals surface area contributed by atoms with Crippen molar-refractivity contribution in [3.05, 3.63) is 58.5 Å². The van der Waals surface area contributed by atoms with E-state index in [2.05, 4.69) is 29.2 Å². The zero-order chi connectivity index (χ0) is 20.0. The Labute approximate surface area is 171 Å². The highest BCUT2D eigenvalue weighted by atomic mass is 16.3. The lowest BCUT2D eigenvalue weighted by Crippen LogP contribution is -2.51. The summed E-state index contributed by atoms with van der Waals surface area (Å²) in [5.74, 6) is 0.657. The molecular weight excluding hydrogens is 364 g/mol. The van der Waals surface area contributed by atoms with Gasteiger partial charge in [0.15, 0.2) is 5.78 Å². The average molecular weight is 392 g/mol. The third-order valence-corrected chi connectivity index (χ3v) is 7.03. The topological polar surface area (TPSA) is 53.8 Å². The van der Waals surface area contributed by atoms with Crippen molar-refractivity contribution in [2.24, 2.45) is 0 Å². The molecule has 1 amide bonds. The predicted octanol–water partition coefficient (Wildman–Crippen LogP) is 3.50. The van der Waals surface area contributed by atoms with Crippen LogP contribution in [0.25, 0.3) is 0 Å². The number of carbonyl (C=O) groups is 2. The van der Waals surface area contributed by atoms with E-state index in [0.717, 1.165) is 51.6 Å². The maximum Gasteiger partial charge on any atom is 0.257 e. The molecule has 0 radical (unpaired) electrons. The molecule has 2 aromatic rings. The number of carbonyl (C=O) groups excluding carboxylic acids is 2. The van der Waals surface area contributed by atoms with Crippen LogP contribution in [0.4, 0.5) is 0 Å². The number of likely N-dealkylation sites (tertiary alicyclic amines) is 1. The Morgan fingerprint density at radius 1 is 1.14 bits per heavy atom. The van der Waals surface area contributed by atoms with Crippen LogP contribution in [0.5, 0.6) is 0 Å². The van der Waals surface area contributed by atoms with Gasteiger partial charge in [-0.05, 0) is 49.8 Å². The maximum absolute atomic E-state index is 13.2.